The Morgan fingerprint density at radius 2 is 2.38 bits per heavy atom. The van der Waals surface area contributed by atoms with Gasteiger partial charge in [0.15, 0.2) is 0 Å². The second-order valence-corrected chi connectivity index (χ2v) is 4.70. The number of imidazole rings is 1. The summed E-state index contributed by atoms with van der Waals surface area (Å²) >= 11 is 5.96. The van der Waals surface area contributed by atoms with Crippen LogP contribution in [0, 0.1) is 0 Å². The molecule has 0 aromatic carbocycles. The van der Waals surface area contributed by atoms with E-state index in [1.54, 1.807) is 0 Å². The van der Waals surface area contributed by atoms with Crippen molar-refractivity contribution < 1.29 is 0 Å². The molecule has 84 valence electrons. The number of rotatable bonds is 1. The van der Waals surface area contributed by atoms with Gasteiger partial charge in [0.25, 0.3) is 0 Å². The van der Waals surface area contributed by atoms with E-state index >= 15 is 0 Å². The first-order valence-electron chi connectivity index (χ1n) is 5.70. The van der Waals surface area contributed by atoms with Crippen molar-refractivity contribution in [1.29, 1.82) is 0 Å². The van der Waals surface area contributed by atoms with Crippen molar-refractivity contribution in [3.05, 3.63) is 35.4 Å². The Hall–Kier alpha value is -1.06. The summed E-state index contributed by atoms with van der Waals surface area (Å²) in [6, 6.07) is 4.24. The highest BCUT2D eigenvalue weighted by atomic mass is 35.5. The molecule has 1 atom stereocenters. The first-order chi connectivity index (χ1) is 7.84. The summed E-state index contributed by atoms with van der Waals surface area (Å²) in [7, 11) is 0. The minimum atomic E-state index is 0.387. The van der Waals surface area contributed by atoms with E-state index in [2.05, 4.69) is 14.7 Å². The third kappa shape index (κ3) is 1.70. The molecule has 0 radical (unpaired) electrons. The maximum absolute atomic E-state index is 5.96. The highest BCUT2D eigenvalue weighted by molar-refractivity contribution is 6.30. The number of nitrogens with one attached hydrogen (secondary N) is 1. The average Bonchev–Trinajstić information content (AvgIpc) is 2.73. The normalized spacial score (nSPS) is 21.4. The zero-order valence-electron chi connectivity index (χ0n) is 8.99. The SMILES string of the molecule is Clc1ccn2c(C3CCCCN3)ncc2c1. The van der Waals surface area contributed by atoms with Crippen LogP contribution in [0.25, 0.3) is 5.52 Å². The summed E-state index contributed by atoms with van der Waals surface area (Å²) in [4.78, 5) is 4.50. The number of hydrogen-bond acceptors (Lipinski definition) is 2. The second kappa shape index (κ2) is 4.07. The second-order valence-electron chi connectivity index (χ2n) is 4.26. The van der Waals surface area contributed by atoms with Crippen molar-refractivity contribution in [1.82, 2.24) is 14.7 Å². The van der Waals surface area contributed by atoms with Gasteiger partial charge in [-0.15, -0.1) is 0 Å². The van der Waals surface area contributed by atoms with E-state index in [0.29, 0.717) is 6.04 Å². The van der Waals surface area contributed by atoms with E-state index in [1.165, 1.54) is 19.3 Å². The smallest absolute Gasteiger partial charge is 0.130 e. The average molecular weight is 236 g/mol. The fourth-order valence-electron chi connectivity index (χ4n) is 2.32. The molecule has 3 heterocycles. The lowest BCUT2D eigenvalue weighted by molar-refractivity contribution is 0.396. The van der Waals surface area contributed by atoms with Gasteiger partial charge in [0.05, 0.1) is 17.8 Å². The number of pyridine rings is 1. The summed E-state index contributed by atoms with van der Waals surface area (Å²) < 4.78 is 2.12. The Morgan fingerprint density at radius 1 is 1.44 bits per heavy atom. The number of piperidine rings is 1. The molecule has 3 nitrogen and oxygen atoms in total. The minimum Gasteiger partial charge on any atom is -0.307 e. The van der Waals surface area contributed by atoms with Crippen molar-refractivity contribution in [3.63, 3.8) is 0 Å². The Kier molecular flexibility index (Phi) is 2.58. The number of hydrogen-bond donors (Lipinski definition) is 1. The van der Waals surface area contributed by atoms with Gasteiger partial charge < -0.3 is 9.72 Å². The van der Waals surface area contributed by atoms with Crippen molar-refractivity contribution in [2.45, 2.75) is 25.3 Å². The van der Waals surface area contributed by atoms with Gasteiger partial charge in [-0.05, 0) is 31.5 Å². The summed E-state index contributed by atoms with van der Waals surface area (Å²) in [5.74, 6) is 1.10. The van der Waals surface area contributed by atoms with Gasteiger partial charge >= 0.3 is 0 Å². The molecule has 1 N–H and O–H groups in total. The van der Waals surface area contributed by atoms with Crippen LogP contribution in [0.2, 0.25) is 5.02 Å². The standard InChI is InChI=1S/C12H14ClN3/c13-9-4-6-16-10(7-9)8-15-12(16)11-3-1-2-5-14-11/h4,6-8,11,14H,1-3,5H2. The molecule has 1 unspecified atom stereocenters. The molecule has 3 rings (SSSR count). The summed E-state index contributed by atoms with van der Waals surface area (Å²) in [5.41, 5.74) is 1.06. The molecular formula is C12H14ClN3. The topological polar surface area (TPSA) is 29.3 Å². The van der Waals surface area contributed by atoms with Gasteiger partial charge in [-0.3, -0.25) is 0 Å². The van der Waals surface area contributed by atoms with Crippen molar-refractivity contribution in [2.24, 2.45) is 0 Å². The number of nitrogens with zero attached hydrogens (tertiary/aromatic N) is 2. The Bertz CT molecular complexity index is 500. The van der Waals surface area contributed by atoms with E-state index < -0.39 is 0 Å². The zero-order valence-corrected chi connectivity index (χ0v) is 9.74. The van der Waals surface area contributed by atoms with Gasteiger partial charge in [-0.1, -0.05) is 18.0 Å². The quantitative estimate of drug-likeness (QED) is 0.824. The molecule has 0 amide bonds. The number of aromatic nitrogens is 2. The molecule has 16 heavy (non-hydrogen) atoms. The van der Waals surface area contributed by atoms with E-state index in [-0.39, 0.29) is 0 Å². The predicted molar refractivity (Wildman–Crippen MR) is 64.8 cm³/mol. The lowest BCUT2D eigenvalue weighted by Crippen LogP contribution is -2.28. The van der Waals surface area contributed by atoms with E-state index in [1.807, 2.05) is 24.5 Å². The van der Waals surface area contributed by atoms with Gasteiger partial charge in [0.2, 0.25) is 0 Å². The fourth-order valence-corrected chi connectivity index (χ4v) is 2.49. The molecule has 0 saturated carbocycles. The predicted octanol–water partition coefficient (Wildman–Crippen LogP) is 2.80. The molecule has 0 spiro atoms. The van der Waals surface area contributed by atoms with Gasteiger partial charge in [-0.2, -0.15) is 0 Å². The zero-order chi connectivity index (χ0) is 11.0. The van der Waals surface area contributed by atoms with Gasteiger partial charge in [-0.25, -0.2) is 4.98 Å². The van der Waals surface area contributed by atoms with Crippen LogP contribution in [0.5, 0.6) is 0 Å². The molecule has 2 aromatic heterocycles. The molecular weight excluding hydrogens is 222 g/mol. The van der Waals surface area contributed by atoms with Crippen LogP contribution in [0.4, 0.5) is 0 Å². The Labute approximate surface area is 99.4 Å². The fraction of sp³-hybridized carbons (Fsp3) is 0.417. The first-order valence-corrected chi connectivity index (χ1v) is 6.08. The molecule has 1 saturated heterocycles. The summed E-state index contributed by atoms with van der Waals surface area (Å²) in [6.07, 6.45) is 7.60. The highest BCUT2D eigenvalue weighted by Gasteiger charge is 2.18. The van der Waals surface area contributed by atoms with Crippen LogP contribution in [0.3, 0.4) is 0 Å². The van der Waals surface area contributed by atoms with Crippen LogP contribution in [-0.2, 0) is 0 Å². The summed E-state index contributed by atoms with van der Waals surface area (Å²) in [5, 5.41) is 4.27. The first kappa shape index (κ1) is 10.1. The van der Waals surface area contributed by atoms with Crippen LogP contribution < -0.4 is 5.32 Å². The van der Waals surface area contributed by atoms with Crippen molar-refractivity contribution in [2.75, 3.05) is 6.54 Å². The summed E-state index contributed by atoms with van der Waals surface area (Å²) in [6.45, 7) is 1.09. The third-order valence-corrected chi connectivity index (χ3v) is 3.38. The van der Waals surface area contributed by atoms with Gasteiger partial charge in [0.1, 0.15) is 5.82 Å². The molecule has 1 fully saturated rings. The lowest BCUT2D eigenvalue weighted by Gasteiger charge is -2.22. The highest BCUT2D eigenvalue weighted by Crippen LogP contribution is 2.23. The number of halogens is 1. The number of fused-ring (bicyclic) bond motifs is 1. The van der Waals surface area contributed by atoms with Crippen LogP contribution >= 0.6 is 11.6 Å². The van der Waals surface area contributed by atoms with Gasteiger partial charge in [0, 0.05) is 11.2 Å². The van der Waals surface area contributed by atoms with Crippen molar-refractivity contribution >= 4 is 17.1 Å². The van der Waals surface area contributed by atoms with E-state index in [4.69, 9.17) is 11.6 Å². The lowest BCUT2D eigenvalue weighted by atomic mass is 10.0. The maximum Gasteiger partial charge on any atom is 0.130 e. The largest absolute Gasteiger partial charge is 0.307 e. The third-order valence-electron chi connectivity index (χ3n) is 3.14. The van der Waals surface area contributed by atoms with Crippen LogP contribution in [0.1, 0.15) is 31.1 Å². The van der Waals surface area contributed by atoms with Crippen LogP contribution in [-0.4, -0.2) is 15.9 Å². The molecule has 1 aliphatic heterocycles. The maximum atomic E-state index is 5.96. The van der Waals surface area contributed by atoms with Crippen LogP contribution in [0.15, 0.2) is 24.5 Å². The molecule has 0 bridgehead atoms. The minimum absolute atomic E-state index is 0.387. The van der Waals surface area contributed by atoms with E-state index in [9.17, 15) is 0 Å². The van der Waals surface area contributed by atoms with Crippen molar-refractivity contribution in [3.8, 4) is 0 Å². The van der Waals surface area contributed by atoms with E-state index in [0.717, 1.165) is 22.9 Å². The molecule has 4 heteroatoms. The molecule has 1 aliphatic rings. The Balaban J connectivity index is 2.03. The molecule has 2 aromatic rings. The monoisotopic (exact) mass is 235 g/mol. The molecule has 0 aliphatic carbocycles. The Morgan fingerprint density at radius 3 is 3.19 bits per heavy atom.